The first-order valence-corrected chi connectivity index (χ1v) is 5.86. The Labute approximate surface area is 103 Å². The van der Waals surface area contributed by atoms with Gasteiger partial charge in [-0.15, -0.1) is 0 Å². The second kappa shape index (κ2) is 4.63. The second-order valence-corrected chi connectivity index (χ2v) is 4.69. The molecule has 1 aromatic carbocycles. The van der Waals surface area contributed by atoms with Crippen LogP contribution in [0.4, 0.5) is 18.9 Å². The number of amides is 1. The summed E-state index contributed by atoms with van der Waals surface area (Å²) in [6.45, 7) is 1.84. The van der Waals surface area contributed by atoms with Gasteiger partial charge < -0.3 is 5.32 Å². The quantitative estimate of drug-likeness (QED) is 0.879. The number of carbonyl (C=O) groups is 1. The summed E-state index contributed by atoms with van der Waals surface area (Å²) in [5.74, 6) is 0.226. The van der Waals surface area contributed by atoms with Gasteiger partial charge in [0.25, 0.3) is 0 Å². The van der Waals surface area contributed by atoms with Gasteiger partial charge in [0.05, 0.1) is 5.56 Å². The van der Waals surface area contributed by atoms with Gasteiger partial charge in [-0.2, -0.15) is 13.2 Å². The van der Waals surface area contributed by atoms with E-state index in [1.165, 1.54) is 12.1 Å². The van der Waals surface area contributed by atoms with E-state index in [4.69, 9.17) is 0 Å². The van der Waals surface area contributed by atoms with Gasteiger partial charge in [-0.25, -0.2) is 0 Å². The standard InChI is InChI=1S/C13H14F3NO/c1-8(9-2-3-9)12(18)17-11-6-4-10(5-7-11)13(14,15)16/h4-9H,2-3H2,1H3,(H,17,18). The number of anilines is 1. The molecule has 1 N–H and O–H groups in total. The van der Waals surface area contributed by atoms with Crippen LogP contribution in [0.3, 0.4) is 0 Å². The van der Waals surface area contributed by atoms with E-state index in [0.29, 0.717) is 11.6 Å². The van der Waals surface area contributed by atoms with Gasteiger partial charge in [-0.3, -0.25) is 4.79 Å². The van der Waals surface area contributed by atoms with Crippen molar-refractivity contribution in [1.82, 2.24) is 0 Å². The predicted molar refractivity (Wildman–Crippen MR) is 62.0 cm³/mol. The number of hydrogen-bond donors (Lipinski definition) is 1. The van der Waals surface area contributed by atoms with Crippen molar-refractivity contribution in [3.05, 3.63) is 29.8 Å². The molecule has 0 heterocycles. The summed E-state index contributed by atoms with van der Waals surface area (Å²) in [6.07, 6.45) is -2.23. The second-order valence-electron chi connectivity index (χ2n) is 4.69. The number of carbonyl (C=O) groups excluding carboxylic acids is 1. The normalized spacial score (nSPS) is 17.3. The Bertz CT molecular complexity index is 435. The molecule has 1 aliphatic rings. The molecule has 1 saturated carbocycles. The topological polar surface area (TPSA) is 29.1 Å². The summed E-state index contributed by atoms with van der Waals surface area (Å²) in [6, 6.07) is 4.50. The molecule has 0 radical (unpaired) electrons. The zero-order chi connectivity index (χ0) is 13.3. The van der Waals surface area contributed by atoms with Gasteiger partial charge in [-0.1, -0.05) is 6.92 Å². The molecular weight excluding hydrogens is 243 g/mol. The van der Waals surface area contributed by atoms with E-state index >= 15 is 0 Å². The minimum Gasteiger partial charge on any atom is -0.326 e. The molecule has 2 nitrogen and oxygen atoms in total. The highest BCUT2D eigenvalue weighted by molar-refractivity contribution is 5.92. The van der Waals surface area contributed by atoms with Crippen LogP contribution in [0.25, 0.3) is 0 Å². The molecule has 0 saturated heterocycles. The summed E-state index contributed by atoms with van der Waals surface area (Å²) in [5, 5.41) is 2.64. The first-order valence-electron chi connectivity index (χ1n) is 5.86. The van der Waals surface area contributed by atoms with Crippen molar-refractivity contribution >= 4 is 11.6 Å². The summed E-state index contributed by atoms with van der Waals surface area (Å²) in [5.41, 5.74) is -0.309. The molecule has 5 heteroatoms. The van der Waals surface area contributed by atoms with Crippen LogP contribution in [0.1, 0.15) is 25.3 Å². The summed E-state index contributed by atoms with van der Waals surface area (Å²) in [4.78, 5) is 11.7. The zero-order valence-corrected chi connectivity index (χ0v) is 9.92. The Hall–Kier alpha value is -1.52. The highest BCUT2D eigenvalue weighted by Gasteiger charge is 2.33. The third kappa shape index (κ3) is 3.03. The number of rotatable bonds is 3. The monoisotopic (exact) mass is 257 g/mol. The Morgan fingerprint density at radius 1 is 1.28 bits per heavy atom. The highest BCUT2D eigenvalue weighted by Crippen LogP contribution is 2.37. The lowest BCUT2D eigenvalue weighted by molar-refractivity contribution is -0.137. The zero-order valence-electron chi connectivity index (χ0n) is 9.92. The molecule has 0 spiro atoms. The third-order valence-corrected chi connectivity index (χ3v) is 3.22. The Morgan fingerprint density at radius 3 is 2.28 bits per heavy atom. The number of nitrogens with one attached hydrogen (secondary N) is 1. The van der Waals surface area contributed by atoms with Crippen molar-refractivity contribution in [1.29, 1.82) is 0 Å². The third-order valence-electron chi connectivity index (χ3n) is 3.22. The lowest BCUT2D eigenvalue weighted by Crippen LogP contribution is -2.21. The van der Waals surface area contributed by atoms with Gasteiger partial charge in [0, 0.05) is 11.6 Å². The molecule has 1 atom stereocenters. The smallest absolute Gasteiger partial charge is 0.326 e. The van der Waals surface area contributed by atoms with Crippen LogP contribution in [-0.4, -0.2) is 5.91 Å². The van der Waals surface area contributed by atoms with Crippen molar-refractivity contribution in [2.24, 2.45) is 11.8 Å². The van der Waals surface area contributed by atoms with Crippen molar-refractivity contribution in [3.8, 4) is 0 Å². The number of alkyl halides is 3. The summed E-state index contributed by atoms with van der Waals surface area (Å²) >= 11 is 0. The maximum Gasteiger partial charge on any atom is 0.416 e. The molecule has 1 aliphatic carbocycles. The van der Waals surface area contributed by atoms with Crippen molar-refractivity contribution < 1.29 is 18.0 Å². The molecule has 0 bridgehead atoms. The van der Waals surface area contributed by atoms with E-state index in [2.05, 4.69) is 5.32 Å². The van der Waals surface area contributed by atoms with Crippen LogP contribution in [0.2, 0.25) is 0 Å². The number of benzene rings is 1. The first kappa shape index (κ1) is 12.9. The first-order chi connectivity index (χ1) is 8.38. The van der Waals surface area contributed by atoms with E-state index in [1.807, 2.05) is 6.92 Å². The lowest BCUT2D eigenvalue weighted by atomic mass is 10.1. The van der Waals surface area contributed by atoms with Crippen LogP contribution in [-0.2, 0) is 11.0 Å². The van der Waals surface area contributed by atoms with E-state index in [1.54, 1.807) is 0 Å². The van der Waals surface area contributed by atoms with Gasteiger partial charge in [0.2, 0.25) is 5.91 Å². The van der Waals surface area contributed by atoms with Crippen LogP contribution in [0.5, 0.6) is 0 Å². The van der Waals surface area contributed by atoms with Crippen LogP contribution in [0, 0.1) is 11.8 Å². The molecule has 98 valence electrons. The Kier molecular flexibility index (Phi) is 3.32. The van der Waals surface area contributed by atoms with Gasteiger partial charge in [0.15, 0.2) is 0 Å². The average Bonchev–Trinajstić information content (AvgIpc) is 3.11. The molecule has 1 unspecified atom stereocenters. The van der Waals surface area contributed by atoms with Crippen LogP contribution < -0.4 is 5.32 Å². The largest absolute Gasteiger partial charge is 0.416 e. The van der Waals surface area contributed by atoms with Crippen molar-refractivity contribution in [2.75, 3.05) is 5.32 Å². The van der Waals surface area contributed by atoms with E-state index < -0.39 is 11.7 Å². The van der Waals surface area contributed by atoms with Crippen molar-refractivity contribution in [2.45, 2.75) is 25.9 Å². The fraction of sp³-hybridized carbons (Fsp3) is 0.462. The van der Waals surface area contributed by atoms with Crippen LogP contribution in [0.15, 0.2) is 24.3 Å². The van der Waals surface area contributed by atoms with E-state index in [0.717, 1.165) is 25.0 Å². The lowest BCUT2D eigenvalue weighted by Gasteiger charge is -2.12. The highest BCUT2D eigenvalue weighted by atomic mass is 19.4. The molecular formula is C13H14F3NO. The summed E-state index contributed by atoms with van der Waals surface area (Å²) < 4.78 is 37.0. The van der Waals surface area contributed by atoms with Crippen LogP contribution >= 0.6 is 0 Å². The van der Waals surface area contributed by atoms with Gasteiger partial charge in [-0.05, 0) is 43.0 Å². The van der Waals surface area contributed by atoms with Gasteiger partial charge >= 0.3 is 6.18 Å². The molecule has 0 aliphatic heterocycles. The maximum absolute atomic E-state index is 12.3. The minimum atomic E-state index is -4.34. The predicted octanol–water partition coefficient (Wildman–Crippen LogP) is 3.69. The van der Waals surface area contributed by atoms with E-state index in [9.17, 15) is 18.0 Å². The molecule has 1 amide bonds. The van der Waals surface area contributed by atoms with Gasteiger partial charge in [0.1, 0.15) is 0 Å². The molecule has 18 heavy (non-hydrogen) atoms. The SMILES string of the molecule is CC(C(=O)Nc1ccc(C(F)(F)F)cc1)C1CC1. The Balaban J connectivity index is 1.99. The maximum atomic E-state index is 12.3. The minimum absolute atomic E-state index is 0.0766. The molecule has 2 rings (SSSR count). The number of hydrogen-bond acceptors (Lipinski definition) is 1. The molecule has 1 aromatic rings. The van der Waals surface area contributed by atoms with Crippen molar-refractivity contribution in [3.63, 3.8) is 0 Å². The fourth-order valence-corrected chi connectivity index (χ4v) is 1.81. The average molecular weight is 257 g/mol. The summed E-state index contributed by atoms with van der Waals surface area (Å²) in [7, 11) is 0. The fourth-order valence-electron chi connectivity index (χ4n) is 1.81. The number of halogens is 3. The van der Waals surface area contributed by atoms with E-state index in [-0.39, 0.29) is 11.8 Å². The molecule has 1 fully saturated rings. The Morgan fingerprint density at radius 2 is 1.83 bits per heavy atom. The molecule has 0 aromatic heterocycles.